The molecule has 1 aliphatic rings. The van der Waals surface area contributed by atoms with Crippen molar-refractivity contribution in [1.82, 2.24) is 4.98 Å². The Morgan fingerprint density at radius 1 is 1.30 bits per heavy atom. The fraction of sp³-hybridized carbons (Fsp3) is 0.250. The van der Waals surface area contributed by atoms with Crippen molar-refractivity contribution in [3.05, 3.63) is 52.8 Å². The molecule has 0 bridgehead atoms. The first kappa shape index (κ1) is 16.0. The number of nitrogens with zero attached hydrogens (tertiary/aromatic N) is 2. The van der Waals surface area contributed by atoms with Gasteiger partial charge in [0, 0.05) is 24.7 Å². The van der Waals surface area contributed by atoms with Crippen molar-refractivity contribution in [2.24, 2.45) is 0 Å². The molecule has 0 N–H and O–H groups in total. The van der Waals surface area contributed by atoms with E-state index in [1.54, 1.807) is 29.2 Å². The standard InChI is InChI=1S/C16H15ClN2O3S/c1-23(21,22)12-6-7-14-11(10-12)4-3-9-19(14)16(20)13-5-2-8-18-15(13)17/h2,5-8,10H,3-4,9H2,1H3. The second-order valence-electron chi connectivity index (χ2n) is 5.46. The van der Waals surface area contributed by atoms with E-state index in [2.05, 4.69) is 4.98 Å². The Bertz CT molecular complexity index is 881. The van der Waals surface area contributed by atoms with Gasteiger partial charge in [0.05, 0.1) is 10.5 Å². The molecule has 0 aliphatic carbocycles. The van der Waals surface area contributed by atoms with Crippen LogP contribution in [0.5, 0.6) is 0 Å². The lowest BCUT2D eigenvalue weighted by molar-refractivity contribution is 0.0985. The zero-order valence-electron chi connectivity index (χ0n) is 12.5. The largest absolute Gasteiger partial charge is 0.308 e. The van der Waals surface area contributed by atoms with Gasteiger partial charge in [-0.05, 0) is 48.7 Å². The van der Waals surface area contributed by atoms with Crippen LogP contribution in [0.25, 0.3) is 0 Å². The van der Waals surface area contributed by atoms with Crippen molar-refractivity contribution in [3.63, 3.8) is 0 Å². The van der Waals surface area contributed by atoms with Crippen molar-refractivity contribution in [2.45, 2.75) is 17.7 Å². The molecular formula is C16H15ClN2O3S. The van der Waals surface area contributed by atoms with E-state index in [0.29, 0.717) is 12.1 Å². The van der Waals surface area contributed by atoms with Crippen LogP contribution in [0.1, 0.15) is 22.3 Å². The summed E-state index contributed by atoms with van der Waals surface area (Å²) in [5.41, 5.74) is 1.93. The van der Waals surface area contributed by atoms with E-state index in [1.807, 2.05) is 0 Å². The van der Waals surface area contributed by atoms with Gasteiger partial charge in [0.1, 0.15) is 5.15 Å². The number of carbonyl (C=O) groups is 1. The molecule has 0 fully saturated rings. The number of aromatic nitrogens is 1. The second-order valence-corrected chi connectivity index (χ2v) is 7.84. The molecular weight excluding hydrogens is 336 g/mol. The van der Waals surface area contributed by atoms with Gasteiger partial charge < -0.3 is 4.90 Å². The van der Waals surface area contributed by atoms with Gasteiger partial charge in [0.25, 0.3) is 5.91 Å². The van der Waals surface area contributed by atoms with Crippen LogP contribution in [0.15, 0.2) is 41.4 Å². The van der Waals surface area contributed by atoms with E-state index in [0.717, 1.165) is 24.1 Å². The monoisotopic (exact) mass is 350 g/mol. The minimum absolute atomic E-state index is 0.164. The molecule has 5 nitrogen and oxygen atoms in total. The Labute approximate surface area is 139 Å². The number of aryl methyl sites for hydroxylation is 1. The Balaban J connectivity index is 2.02. The van der Waals surface area contributed by atoms with E-state index < -0.39 is 9.84 Å². The van der Waals surface area contributed by atoms with E-state index in [4.69, 9.17) is 11.6 Å². The van der Waals surface area contributed by atoms with Crippen LogP contribution < -0.4 is 4.90 Å². The number of sulfone groups is 1. The van der Waals surface area contributed by atoms with E-state index in [9.17, 15) is 13.2 Å². The number of halogens is 1. The number of fused-ring (bicyclic) bond motifs is 1. The van der Waals surface area contributed by atoms with Crippen LogP contribution in [-0.2, 0) is 16.3 Å². The van der Waals surface area contributed by atoms with Crippen molar-refractivity contribution in [2.75, 3.05) is 17.7 Å². The maximum atomic E-state index is 12.7. The average Bonchev–Trinajstić information content (AvgIpc) is 2.53. The van der Waals surface area contributed by atoms with Gasteiger partial charge in [0.15, 0.2) is 9.84 Å². The normalized spacial score (nSPS) is 14.4. The molecule has 2 aromatic rings. The molecule has 1 aliphatic heterocycles. The molecule has 2 heterocycles. The summed E-state index contributed by atoms with van der Waals surface area (Å²) in [5.74, 6) is -0.226. The summed E-state index contributed by atoms with van der Waals surface area (Å²) >= 11 is 6.01. The van der Waals surface area contributed by atoms with Crippen molar-refractivity contribution < 1.29 is 13.2 Å². The highest BCUT2D eigenvalue weighted by Gasteiger charge is 2.26. The van der Waals surface area contributed by atoms with Crippen molar-refractivity contribution in [1.29, 1.82) is 0 Å². The first-order valence-corrected chi connectivity index (χ1v) is 9.40. The highest BCUT2D eigenvalue weighted by Crippen LogP contribution is 2.31. The molecule has 0 saturated carbocycles. The zero-order valence-corrected chi connectivity index (χ0v) is 14.1. The van der Waals surface area contributed by atoms with Crippen LogP contribution in [0.2, 0.25) is 5.15 Å². The van der Waals surface area contributed by atoms with Gasteiger partial charge in [-0.2, -0.15) is 0 Å². The number of hydrogen-bond acceptors (Lipinski definition) is 4. The number of benzene rings is 1. The topological polar surface area (TPSA) is 67.3 Å². The first-order chi connectivity index (χ1) is 10.9. The predicted octanol–water partition coefficient (Wildman–Crippen LogP) is 2.73. The lowest BCUT2D eigenvalue weighted by Crippen LogP contribution is -2.35. The van der Waals surface area contributed by atoms with Crippen LogP contribution in [-0.4, -0.2) is 32.1 Å². The molecule has 0 spiro atoms. The van der Waals surface area contributed by atoms with Crippen LogP contribution in [0, 0.1) is 0 Å². The van der Waals surface area contributed by atoms with Crippen molar-refractivity contribution >= 4 is 33.0 Å². The third-order valence-corrected chi connectivity index (χ3v) is 5.24. The lowest BCUT2D eigenvalue weighted by atomic mass is 10.0. The number of amides is 1. The highest BCUT2D eigenvalue weighted by molar-refractivity contribution is 7.90. The molecule has 23 heavy (non-hydrogen) atoms. The summed E-state index contributed by atoms with van der Waals surface area (Å²) in [6.07, 6.45) is 4.21. The molecule has 1 aromatic carbocycles. The molecule has 1 amide bonds. The van der Waals surface area contributed by atoms with Gasteiger partial charge in [-0.15, -0.1) is 0 Å². The van der Waals surface area contributed by atoms with Gasteiger partial charge in [-0.25, -0.2) is 13.4 Å². The maximum Gasteiger partial charge on any atom is 0.261 e. The predicted molar refractivity (Wildman–Crippen MR) is 88.8 cm³/mol. The Kier molecular flexibility index (Phi) is 4.12. The minimum atomic E-state index is -3.27. The van der Waals surface area contributed by atoms with E-state index >= 15 is 0 Å². The fourth-order valence-electron chi connectivity index (χ4n) is 2.71. The molecule has 0 radical (unpaired) electrons. The molecule has 120 valence electrons. The number of hydrogen-bond donors (Lipinski definition) is 0. The minimum Gasteiger partial charge on any atom is -0.308 e. The summed E-state index contributed by atoms with van der Waals surface area (Å²) < 4.78 is 23.4. The SMILES string of the molecule is CS(=O)(=O)c1ccc2c(c1)CCCN2C(=O)c1cccnc1Cl. The van der Waals surface area contributed by atoms with Crippen molar-refractivity contribution in [3.8, 4) is 0 Å². The first-order valence-electron chi connectivity index (χ1n) is 7.13. The summed E-state index contributed by atoms with van der Waals surface area (Å²) in [6.45, 7) is 0.565. The molecule has 1 aromatic heterocycles. The van der Waals surface area contributed by atoms with Crippen LogP contribution in [0.3, 0.4) is 0 Å². The molecule has 3 rings (SSSR count). The molecule has 0 unspecified atom stereocenters. The highest BCUT2D eigenvalue weighted by atomic mass is 35.5. The summed E-state index contributed by atoms with van der Waals surface area (Å²) in [7, 11) is -3.27. The maximum absolute atomic E-state index is 12.7. The summed E-state index contributed by atoms with van der Waals surface area (Å²) in [6, 6.07) is 8.17. The average molecular weight is 351 g/mol. The van der Waals surface area contributed by atoms with Gasteiger partial charge in [0.2, 0.25) is 0 Å². The Hall–Kier alpha value is -1.92. The molecule has 0 saturated heterocycles. The van der Waals surface area contributed by atoms with E-state index in [-0.39, 0.29) is 16.0 Å². The third kappa shape index (κ3) is 3.09. The third-order valence-electron chi connectivity index (χ3n) is 3.83. The number of rotatable bonds is 2. The zero-order chi connectivity index (χ0) is 16.6. The van der Waals surface area contributed by atoms with Gasteiger partial charge in [-0.3, -0.25) is 4.79 Å². The smallest absolute Gasteiger partial charge is 0.261 e. The Morgan fingerprint density at radius 3 is 2.78 bits per heavy atom. The lowest BCUT2D eigenvalue weighted by Gasteiger charge is -2.30. The number of pyridine rings is 1. The van der Waals surface area contributed by atoms with Gasteiger partial charge in [-0.1, -0.05) is 11.6 Å². The fourth-order valence-corrected chi connectivity index (χ4v) is 3.58. The number of anilines is 1. The Morgan fingerprint density at radius 2 is 2.09 bits per heavy atom. The molecule has 7 heteroatoms. The summed E-state index contributed by atoms with van der Waals surface area (Å²) in [5, 5.41) is 0.164. The van der Waals surface area contributed by atoms with E-state index in [1.165, 1.54) is 18.5 Å². The van der Waals surface area contributed by atoms with Gasteiger partial charge >= 0.3 is 0 Å². The number of carbonyl (C=O) groups excluding carboxylic acids is 1. The quantitative estimate of drug-likeness (QED) is 0.781. The summed E-state index contributed by atoms with van der Waals surface area (Å²) in [4.78, 5) is 18.6. The van der Waals surface area contributed by atoms with Crippen LogP contribution >= 0.6 is 11.6 Å². The molecule has 0 atom stereocenters. The second kappa shape index (κ2) is 5.94. The van der Waals surface area contributed by atoms with Crippen LogP contribution in [0.4, 0.5) is 5.69 Å².